The van der Waals surface area contributed by atoms with Gasteiger partial charge in [0.05, 0.1) is 12.3 Å². The molecule has 19 heavy (non-hydrogen) atoms. The summed E-state index contributed by atoms with van der Waals surface area (Å²) in [5, 5.41) is 0. The van der Waals surface area contributed by atoms with E-state index >= 15 is 0 Å². The third kappa shape index (κ3) is 2.77. The van der Waals surface area contributed by atoms with E-state index in [-0.39, 0.29) is 11.5 Å². The van der Waals surface area contributed by atoms with Crippen molar-refractivity contribution in [2.75, 3.05) is 13.2 Å². The first kappa shape index (κ1) is 13.3. The van der Waals surface area contributed by atoms with Gasteiger partial charge in [0.25, 0.3) is 5.56 Å². The molecule has 1 aliphatic heterocycles. The van der Waals surface area contributed by atoms with Crippen LogP contribution in [0.3, 0.4) is 0 Å². The molecule has 1 aromatic rings. The topological polar surface area (TPSA) is 55.0 Å². The normalized spacial score (nSPS) is 24.8. The summed E-state index contributed by atoms with van der Waals surface area (Å²) >= 11 is 3.41. The minimum Gasteiger partial charge on any atom is -0.381 e. The Kier molecular flexibility index (Phi) is 4.03. The number of nitrogens with one attached hydrogen (secondary N) is 1. The number of halogens is 1. The van der Waals surface area contributed by atoms with Gasteiger partial charge >= 0.3 is 0 Å². The van der Waals surface area contributed by atoms with E-state index in [0.717, 1.165) is 43.8 Å². The maximum Gasteiger partial charge on any atom is 0.265 e. The number of rotatable bonds is 2. The van der Waals surface area contributed by atoms with E-state index < -0.39 is 0 Å². The minimum atomic E-state index is -0.0440. The van der Waals surface area contributed by atoms with Crippen LogP contribution in [0.1, 0.15) is 61.9 Å². The molecule has 1 N–H and O–H groups in total. The highest BCUT2D eigenvalue weighted by Crippen LogP contribution is 2.36. The van der Waals surface area contributed by atoms with Crippen LogP contribution in [-0.2, 0) is 4.74 Å². The van der Waals surface area contributed by atoms with Crippen LogP contribution in [0.5, 0.6) is 0 Å². The highest BCUT2D eigenvalue weighted by molar-refractivity contribution is 9.10. The number of ether oxygens (including phenoxy) is 1. The first-order chi connectivity index (χ1) is 9.25. The van der Waals surface area contributed by atoms with Crippen molar-refractivity contribution < 1.29 is 4.74 Å². The second-order valence-electron chi connectivity index (χ2n) is 5.55. The third-order valence-electron chi connectivity index (χ3n) is 4.20. The van der Waals surface area contributed by atoms with Crippen molar-refractivity contribution in [3.8, 4) is 0 Å². The van der Waals surface area contributed by atoms with Gasteiger partial charge in [-0.1, -0.05) is 12.8 Å². The zero-order valence-corrected chi connectivity index (χ0v) is 12.5. The fourth-order valence-electron chi connectivity index (χ4n) is 3.11. The van der Waals surface area contributed by atoms with E-state index in [1.165, 1.54) is 12.8 Å². The molecule has 104 valence electrons. The molecule has 0 amide bonds. The van der Waals surface area contributed by atoms with E-state index in [0.29, 0.717) is 17.0 Å². The van der Waals surface area contributed by atoms with Crippen LogP contribution in [0.4, 0.5) is 0 Å². The molecule has 2 fully saturated rings. The smallest absolute Gasteiger partial charge is 0.265 e. The average Bonchev–Trinajstić information content (AvgIpc) is 2.96. The van der Waals surface area contributed by atoms with Gasteiger partial charge in [-0.15, -0.1) is 0 Å². The molecule has 1 aromatic heterocycles. The molecule has 2 heterocycles. The largest absolute Gasteiger partial charge is 0.381 e. The summed E-state index contributed by atoms with van der Waals surface area (Å²) in [5.74, 6) is 1.50. The standard InChI is InChI=1S/C14H19BrN2O2/c15-11-12(9-4-1-2-5-9)16-13(17-14(11)18)10-6-3-7-19-8-10/h9-10H,1-8H2,(H,16,17,18). The van der Waals surface area contributed by atoms with E-state index in [9.17, 15) is 4.79 Å². The van der Waals surface area contributed by atoms with Crippen molar-refractivity contribution in [2.45, 2.75) is 50.4 Å². The average molecular weight is 327 g/mol. The van der Waals surface area contributed by atoms with Crippen LogP contribution in [0.2, 0.25) is 0 Å². The Morgan fingerprint density at radius 2 is 1.89 bits per heavy atom. The zero-order chi connectivity index (χ0) is 13.2. The first-order valence-electron chi connectivity index (χ1n) is 7.13. The van der Waals surface area contributed by atoms with Gasteiger partial charge in [-0.3, -0.25) is 4.79 Å². The summed E-state index contributed by atoms with van der Waals surface area (Å²) in [6, 6.07) is 0. The second kappa shape index (κ2) is 5.75. The highest BCUT2D eigenvalue weighted by Gasteiger charge is 2.25. The Morgan fingerprint density at radius 3 is 2.58 bits per heavy atom. The number of aromatic nitrogens is 2. The molecule has 0 spiro atoms. The number of nitrogens with zero attached hydrogens (tertiary/aromatic N) is 1. The summed E-state index contributed by atoms with van der Waals surface area (Å²) in [5.41, 5.74) is 0.916. The van der Waals surface area contributed by atoms with E-state index in [1.54, 1.807) is 0 Å². The molecule has 0 aromatic carbocycles. The molecule has 1 saturated carbocycles. The molecule has 1 saturated heterocycles. The molecule has 1 aliphatic carbocycles. The molecule has 2 aliphatic rings. The van der Waals surface area contributed by atoms with Gasteiger partial charge < -0.3 is 9.72 Å². The van der Waals surface area contributed by atoms with E-state index in [2.05, 4.69) is 20.9 Å². The van der Waals surface area contributed by atoms with Crippen LogP contribution in [0.25, 0.3) is 0 Å². The van der Waals surface area contributed by atoms with Gasteiger partial charge in [0.15, 0.2) is 0 Å². The first-order valence-corrected chi connectivity index (χ1v) is 7.92. The van der Waals surface area contributed by atoms with Crippen LogP contribution in [0.15, 0.2) is 9.27 Å². The lowest BCUT2D eigenvalue weighted by molar-refractivity contribution is 0.0779. The van der Waals surface area contributed by atoms with Crippen molar-refractivity contribution in [1.82, 2.24) is 9.97 Å². The Hall–Kier alpha value is -0.680. The van der Waals surface area contributed by atoms with Crippen molar-refractivity contribution in [2.24, 2.45) is 0 Å². The van der Waals surface area contributed by atoms with Crippen LogP contribution in [0, 0.1) is 0 Å². The van der Waals surface area contributed by atoms with Gasteiger partial charge in [0.2, 0.25) is 0 Å². The highest BCUT2D eigenvalue weighted by atomic mass is 79.9. The molecule has 0 bridgehead atoms. The van der Waals surface area contributed by atoms with Gasteiger partial charge in [-0.2, -0.15) is 0 Å². The van der Waals surface area contributed by atoms with Crippen molar-refractivity contribution in [3.63, 3.8) is 0 Å². The van der Waals surface area contributed by atoms with Crippen molar-refractivity contribution in [1.29, 1.82) is 0 Å². The Morgan fingerprint density at radius 1 is 1.16 bits per heavy atom. The van der Waals surface area contributed by atoms with Crippen molar-refractivity contribution >= 4 is 15.9 Å². The van der Waals surface area contributed by atoms with Gasteiger partial charge in [-0.05, 0) is 41.6 Å². The third-order valence-corrected chi connectivity index (χ3v) is 4.96. The summed E-state index contributed by atoms with van der Waals surface area (Å²) in [7, 11) is 0. The molecule has 5 heteroatoms. The Balaban J connectivity index is 1.94. The Labute approximate surface area is 121 Å². The predicted molar refractivity (Wildman–Crippen MR) is 76.6 cm³/mol. The zero-order valence-electron chi connectivity index (χ0n) is 11.0. The monoisotopic (exact) mass is 326 g/mol. The minimum absolute atomic E-state index is 0.0440. The number of hydrogen-bond acceptors (Lipinski definition) is 3. The van der Waals surface area contributed by atoms with Crippen LogP contribution >= 0.6 is 15.9 Å². The fraction of sp³-hybridized carbons (Fsp3) is 0.714. The maximum absolute atomic E-state index is 12.1. The second-order valence-corrected chi connectivity index (χ2v) is 6.34. The molecular weight excluding hydrogens is 308 g/mol. The molecular formula is C14H19BrN2O2. The van der Waals surface area contributed by atoms with Crippen molar-refractivity contribution in [3.05, 3.63) is 26.3 Å². The summed E-state index contributed by atoms with van der Waals surface area (Å²) in [4.78, 5) is 19.7. The van der Waals surface area contributed by atoms with E-state index in [1.807, 2.05) is 0 Å². The molecule has 3 rings (SSSR count). The van der Waals surface area contributed by atoms with E-state index in [4.69, 9.17) is 9.72 Å². The summed E-state index contributed by atoms with van der Waals surface area (Å²) in [6.45, 7) is 1.50. The van der Waals surface area contributed by atoms with Gasteiger partial charge in [0.1, 0.15) is 10.3 Å². The number of H-pyrrole nitrogens is 1. The molecule has 0 radical (unpaired) electrons. The van der Waals surface area contributed by atoms with Gasteiger partial charge in [0, 0.05) is 18.4 Å². The molecule has 1 unspecified atom stereocenters. The number of hydrogen-bond donors (Lipinski definition) is 1. The molecule has 4 nitrogen and oxygen atoms in total. The van der Waals surface area contributed by atoms with Gasteiger partial charge in [-0.25, -0.2) is 4.98 Å². The van der Waals surface area contributed by atoms with Crippen LogP contribution < -0.4 is 5.56 Å². The summed E-state index contributed by atoms with van der Waals surface area (Å²) < 4.78 is 6.12. The SMILES string of the molecule is O=c1[nH]c(C2CCCOC2)nc(C2CCCC2)c1Br. The fourth-order valence-corrected chi connectivity index (χ4v) is 3.63. The number of aromatic amines is 1. The quantitative estimate of drug-likeness (QED) is 0.908. The maximum atomic E-state index is 12.1. The lowest BCUT2D eigenvalue weighted by Gasteiger charge is -2.22. The lowest BCUT2D eigenvalue weighted by atomic mass is 10.00. The lowest BCUT2D eigenvalue weighted by Crippen LogP contribution is -2.23. The Bertz CT molecular complexity index is 503. The van der Waals surface area contributed by atoms with Crippen LogP contribution in [-0.4, -0.2) is 23.2 Å². The predicted octanol–water partition coefficient (Wildman–Crippen LogP) is 3.08. The summed E-state index contributed by atoms with van der Waals surface area (Å²) in [6.07, 6.45) is 6.88. The molecule has 1 atom stereocenters.